The second-order valence-electron chi connectivity index (χ2n) is 4.58. The molecule has 21 heavy (non-hydrogen) atoms. The summed E-state index contributed by atoms with van der Waals surface area (Å²) in [4.78, 5) is 21.8. The van der Waals surface area contributed by atoms with Gasteiger partial charge in [0.25, 0.3) is 5.91 Å². The van der Waals surface area contributed by atoms with Gasteiger partial charge < -0.3 is 10.6 Å². The number of rotatable bonds is 5. The van der Waals surface area contributed by atoms with E-state index in [1.54, 1.807) is 23.6 Å². The van der Waals surface area contributed by atoms with Gasteiger partial charge in [-0.2, -0.15) is 0 Å². The Morgan fingerprint density at radius 3 is 2.81 bits per heavy atom. The maximum absolute atomic E-state index is 12.3. The number of hydrogen-bond acceptors (Lipinski definition) is 5. The summed E-state index contributed by atoms with van der Waals surface area (Å²) in [7, 11) is 0. The monoisotopic (exact) mass is 324 g/mol. The fourth-order valence-corrected chi connectivity index (χ4v) is 2.76. The molecule has 112 valence electrons. The van der Waals surface area contributed by atoms with Gasteiger partial charge in [0.2, 0.25) is 0 Å². The number of carbonyl (C=O) groups excluding carboxylic acids is 1. The van der Waals surface area contributed by atoms with E-state index in [9.17, 15) is 4.79 Å². The lowest BCUT2D eigenvalue weighted by atomic mass is 10.2. The molecule has 2 aromatic rings. The number of nitrogens with one attached hydrogen (secondary N) is 2. The summed E-state index contributed by atoms with van der Waals surface area (Å²) in [6, 6.07) is 1.49. The third-order valence-electron chi connectivity index (χ3n) is 2.82. The number of halogens is 1. The molecule has 1 amide bonds. The zero-order valence-corrected chi connectivity index (χ0v) is 13.7. The van der Waals surface area contributed by atoms with Crippen molar-refractivity contribution in [2.24, 2.45) is 0 Å². The van der Waals surface area contributed by atoms with Crippen LogP contribution >= 0.6 is 22.9 Å². The molecule has 1 atom stereocenters. The Labute approximate surface area is 132 Å². The number of aromatic nitrogens is 2. The van der Waals surface area contributed by atoms with Gasteiger partial charge in [-0.25, -0.2) is 9.97 Å². The Kier molecular flexibility index (Phi) is 5.14. The van der Waals surface area contributed by atoms with E-state index in [0.717, 1.165) is 16.4 Å². The third kappa shape index (κ3) is 3.92. The van der Waals surface area contributed by atoms with Gasteiger partial charge >= 0.3 is 0 Å². The van der Waals surface area contributed by atoms with Crippen LogP contribution < -0.4 is 10.6 Å². The van der Waals surface area contributed by atoms with Crippen molar-refractivity contribution in [2.45, 2.75) is 26.8 Å². The fraction of sp³-hybridized carbons (Fsp3) is 0.357. The fourth-order valence-electron chi connectivity index (χ4n) is 1.80. The van der Waals surface area contributed by atoms with Crippen LogP contribution in [0, 0.1) is 6.92 Å². The van der Waals surface area contributed by atoms with E-state index in [0.29, 0.717) is 16.4 Å². The van der Waals surface area contributed by atoms with E-state index in [-0.39, 0.29) is 11.9 Å². The second-order valence-corrected chi connectivity index (χ2v) is 6.26. The average molecular weight is 325 g/mol. The average Bonchev–Trinajstić information content (AvgIpc) is 2.88. The number of carbonyl (C=O) groups is 1. The summed E-state index contributed by atoms with van der Waals surface area (Å²) >= 11 is 7.63. The Morgan fingerprint density at radius 2 is 2.19 bits per heavy atom. The minimum atomic E-state index is -0.234. The first-order valence-corrected chi connectivity index (χ1v) is 7.83. The predicted octanol–water partition coefficient (Wildman–Crippen LogP) is 3.42. The zero-order valence-electron chi connectivity index (χ0n) is 12.1. The molecular weight excluding hydrogens is 308 g/mol. The van der Waals surface area contributed by atoms with Gasteiger partial charge in [0.15, 0.2) is 0 Å². The quantitative estimate of drug-likeness (QED) is 0.884. The van der Waals surface area contributed by atoms with E-state index in [2.05, 4.69) is 20.6 Å². The van der Waals surface area contributed by atoms with Crippen molar-refractivity contribution in [3.05, 3.63) is 38.9 Å². The van der Waals surface area contributed by atoms with Crippen LogP contribution in [0.15, 0.2) is 18.5 Å². The Hall–Kier alpha value is -1.66. The lowest BCUT2D eigenvalue weighted by Gasteiger charge is -2.13. The molecule has 0 saturated carbocycles. The lowest BCUT2D eigenvalue weighted by molar-refractivity contribution is 0.0940. The summed E-state index contributed by atoms with van der Waals surface area (Å²) in [5.74, 6) is 0.395. The molecule has 0 aliphatic rings. The summed E-state index contributed by atoms with van der Waals surface area (Å²) < 4.78 is 0. The highest BCUT2D eigenvalue weighted by Crippen LogP contribution is 2.22. The van der Waals surface area contributed by atoms with Crippen LogP contribution in [-0.2, 0) is 0 Å². The first-order valence-electron chi connectivity index (χ1n) is 6.64. The van der Waals surface area contributed by atoms with Crippen molar-refractivity contribution in [2.75, 3.05) is 11.9 Å². The molecule has 0 saturated heterocycles. The first-order chi connectivity index (χ1) is 10.0. The summed E-state index contributed by atoms with van der Waals surface area (Å²) in [6.45, 7) is 6.57. The first kappa shape index (κ1) is 15.7. The van der Waals surface area contributed by atoms with Gasteiger partial charge in [-0.05, 0) is 26.8 Å². The molecule has 0 spiro atoms. The Bertz CT molecular complexity index is 644. The number of aryl methyl sites for hydroxylation is 1. The molecule has 0 aliphatic heterocycles. The second kappa shape index (κ2) is 6.87. The highest BCUT2D eigenvalue weighted by Gasteiger charge is 2.17. The predicted molar refractivity (Wildman–Crippen MR) is 86.1 cm³/mol. The van der Waals surface area contributed by atoms with E-state index < -0.39 is 0 Å². The van der Waals surface area contributed by atoms with Crippen molar-refractivity contribution < 1.29 is 4.79 Å². The minimum absolute atomic E-state index is 0.164. The van der Waals surface area contributed by atoms with Crippen molar-refractivity contribution in [3.63, 3.8) is 0 Å². The normalized spacial score (nSPS) is 12.0. The number of nitrogens with zero attached hydrogens (tertiary/aromatic N) is 2. The summed E-state index contributed by atoms with van der Waals surface area (Å²) in [5, 5.41) is 7.17. The number of pyridine rings is 1. The van der Waals surface area contributed by atoms with E-state index in [1.807, 2.05) is 20.8 Å². The number of amides is 1. The number of thiazole rings is 1. The number of hydrogen-bond donors (Lipinski definition) is 2. The van der Waals surface area contributed by atoms with E-state index in [4.69, 9.17) is 11.6 Å². The molecule has 1 unspecified atom stereocenters. The van der Waals surface area contributed by atoms with Gasteiger partial charge in [0.1, 0.15) is 10.8 Å². The van der Waals surface area contributed by atoms with Crippen molar-refractivity contribution >= 4 is 34.7 Å². The largest absolute Gasteiger partial charge is 0.370 e. The zero-order chi connectivity index (χ0) is 15.4. The third-order valence-corrected chi connectivity index (χ3v) is 4.21. The molecule has 0 radical (unpaired) electrons. The van der Waals surface area contributed by atoms with Gasteiger partial charge in [-0.3, -0.25) is 4.79 Å². The van der Waals surface area contributed by atoms with Crippen LogP contribution in [0.2, 0.25) is 5.02 Å². The van der Waals surface area contributed by atoms with Crippen molar-refractivity contribution in [1.82, 2.24) is 15.3 Å². The van der Waals surface area contributed by atoms with Gasteiger partial charge in [-0.15, -0.1) is 11.3 Å². The van der Waals surface area contributed by atoms with Gasteiger partial charge in [-0.1, -0.05) is 11.6 Å². The van der Waals surface area contributed by atoms with Crippen LogP contribution in [-0.4, -0.2) is 22.4 Å². The highest BCUT2D eigenvalue weighted by molar-refractivity contribution is 7.11. The molecule has 0 aliphatic carbocycles. The SMILES string of the molecule is CCNc1cc(C(=O)NC(C)c2ncc(C)s2)c(Cl)cn1. The van der Waals surface area contributed by atoms with Crippen LogP contribution in [0.5, 0.6) is 0 Å². The molecule has 0 bridgehead atoms. The van der Waals surface area contributed by atoms with E-state index >= 15 is 0 Å². The van der Waals surface area contributed by atoms with Gasteiger partial charge in [0.05, 0.1) is 16.6 Å². The maximum atomic E-state index is 12.3. The van der Waals surface area contributed by atoms with Crippen LogP contribution in [0.1, 0.15) is 40.1 Å². The topological polar surface area (TPSA) is 66.9 Å². The van der Waals surface area contributed by atoms with Crippen molar-refractivity contribution in [3.8, 4) is 0 Å². The standard InChI is InChI=1S/C14H17ClN4OS/c1-4-16-12-5-10(11(15)7-17-12)13(20)19-9(3)14-18-6-8(2)21-14/h5-7,9H,4H2,1-3H3,(H,16,17)(H,19,20). The van der Waals surface area contributed by atoms with Crippen LogP contribution in [0.25, 0.3) is 0 Å². The number of anilines is 1. The molecule has 2 rings (SSSR count). The van der Waals surface area contributed by atoms with Crippen molar-refractivity contribution in [1.29, 1.82) is 0 Å². The molecule has 2 heterocycles. The molecular formula is C14H17ClN4OS. The van der Waals surface area contributed by atoms with Crippen LogP contribution in [0.3, 0.4) is 0 Å². The van der Waals surface area contributed by atoms with E-state index in [1.165, 1.54) is 6.20 Å². The molecule has 0 aromatic carbocycles. The lowest BCUT2D eigenvalue weighted by Crippen LogP contribution is -2.27. The Morgan fingerprint density at radius 1 is 1.43 bits per heavy atom. The molecule has 7 heteroatoms. The summed E-state index contributed by atoms with van der Waals surface area (Å²) in [6.07, 6.45) is 3.28. The summed E-state index contributed by atoms with van der Waals surface area (Å²) in [5.41, 5.74) is 0.405. The Balaban J connectivity index is 2.14. The molecule has 2 N–H and O–H groups in total. The smallest absolute Gasteiger partial charge is 0.253 e. The molecule has 0 fully saturated rings. The molecule has 2 aromatic heterocycles. The highest BCUT2D eigenvalue weighted by atomic mass is 35.5. The van der Waals surface area contributed by atoms with Gasteiger partial charge in [0, 0.05) is 23.8 Å². The minimum Gasteiger partial charge on any atom is -0.370 e. The maximum Gasteiger partial charge on any atom is 0.253 e. The van der Waals surface area contributed by atoms with Crippen LogP contribution in [0.4, 0.5) is 5.82 Å². The molecule has 5 nitrogen and oxygen atoms in total.